The zero-order chi connectivity index (χ0) is 19.9. The lowest BCUT2D eigenvalue weighted by atomic mass is 9.84. The number of pyridine rings is 2. The van der Waals surface area contributed by atoms with E-state index in [-0.39, 0.29) is 24.7 Å². The summed E-state index contributed by atoms with van der Waals surface area (Å²) in [6.45, 7) is 6.45. The molecule has 7 nitrogen and oxygen atoms in total. The molecule has 0 saturated heterocycles. The standard InChI is InChI=1S/C22H18N2O5/c1-3-22(26)11(2)27-9-14-15(22)6-17-20-13(8-24(17)21(14)25)4-12-5-18-19(29-10-28-18)7-16(12)23-20/h4-7,26H,2-3,8-10H2,1H3/t22-/m1/s1. The SMILES string of the molecule is C=C1OCc2c(cc3n(c2=O)Cc2cc4cc5c(cc4nc2-3)OCO5)[C@@]1(O)CC. The summed E-state index contributed by atoms with van der Waals surface area (Å²) in [5, 5.41) is 12.1. The number of nitrogens with zero attached hydrogens (tertiary/aromatic N) is 2. The summed E-state index contributed by atoms with van der Waals surface area (Å²) < 4.78 is 18.2. The summed E-state index contributed by atoms with van der Waals surface area (Å²) in [4.78, 5) is 18.0. The molecule has 1 aromatic carbocycles. The van der Waals surface area contributed by atoms with E-state index in [1.165, 1.54) is 0 Å². The maximum Gasteiger partial charge on any atom is 0.258 e. The van der Waals surface area contributed by atoms with E-state index in [1.54, 1.807) is 4.57 Å². The van der Waals surface area contributed by atoms with Crippen LogP contribution in [0.15, 0.2) is 41.4 Å². The Bertz CT molecular complexity index is 1310. The van der Waals surface area contributed by atoms with Gasteiger partial charge in [-0.05, 0) is 24.6 Å². The Morgan fingerprint density at radius 2 is 2.00 bits per heavy atom. The molecule has 0 aliphatic carbocycles. The molecule has 5 heterocycles. The first-order chi connectivity index (χ1) is 14.0. The van der Waals surface area contributed by atoms with Crippen molar-refractivity contribution < 1.29 is 19.3 Å². The van der Waals surface area contributed by atoms with E-state index in [9.17, 15) is 9.90 Å². The molecular weight excluding hydrogens is 372 g/mol. The minimum atomic E-state index is -1.38. The lowest BCUT2D eigenvalue weighted by Crippen LogP contribution is -2.38. The number of hydrogen-bond donors (Lipinski definition) is 1. The van der Waals surface area contributed by atoms with Crippen molar-refractivity contribution >= 4 is 10.9 Å². The number of fused-ring (bicyclic) bond motifs is 6. The van der Waals surface area contributed by atoms with Crippen molar-refractivity contribution in [3.8, 4) is 22.9 Å². The van der Waals surface area contributed by atoms with Crippen molar-refractivity contribution in [2.45, 2.75) is 32.1 Å². The maximum absolute atomic E-state index is 13.2. The molecule has 29 heavy (non-hydrogen) atoms. The second-order valence-corrected chi connectivity index (χ2v) is 7.63. The topological polar surface area (TPSA) is 82.8 Å². The van der Waals surface area contributed by atoms with E-state index >= 15 is 0 Å². The summed E-state index contributed by atoms with van der Waals surface area (Å²) in [6.07, 6.45) is 0.364. The number of hydrogen-bond acceptors (Lipinski definition) is 6. The molecule has 146 valence electrons. The monoisotopic (exact) mass is 390 g/mol. The largest absolute Gasteiger partial charge is 0.490 e. The zero-order valence-electron chi connectivity index (χ0n) is 15.8. The van der Waals surface area contributed by atoms with Crippen molar-refractivity contribution in [1.82, 2.24) is 9.55 Å². The van der Waals surface area contributed by atoms with Gasteiger partial charge in [0.05, 0.1) is 29.0 Å². The van der Waals surface area contributed by atoms with Crippen LogP contribution in [0.1, 0.15) is 30.0 Å². The van der Waals surface area contributed by atoms with E-state index in [2.05, 4.69) is 6.58 Å². The molecule has 0 unspecified atom stereocenters. The first-order valence-corrected chi connectivity index (χ1v) is 9.55. The van der Waals surface area contributed by atoms with Crippen molar-refractivity contribution in [2.75, 3.05) is 6.79 Å². The first-order valence-electron chi connectivity index (χ1n) is 9.55. The van der Waals surface area contributed by atoms with Crippen molar-refractivity contribution in [3.63, 3.8) is 0 Å². The van der Waals surface area contributed by atoms with E-state index in [1.807, 2.05) is 31.2 Å². The highest BCUT2D eigenvalue weighted by Gasteiger charge is 2.41. The summed E-state index contributed by atoms with van der Waals surface area (Å²) in [6, 6.07) is 7.67. The smallest absolute Gasteiger partial charge is 0.258 e. The van der Waals surface area contributed by atoms with Crippen LogP contribution in [0.2, 0.25) is 0 Å². The fraction of sp³-hybridized carbons (Fsp3) is 0.273. The Morgan fingerprint density at radius 1 is 1.21 bits per heavy atom. The lowest BCUT2D eigenvalue weighted by Gasteiger charge is -2.35. The quantitative estimate of drug-likeness (QED) is 0.538. The second kappa shape index (κ2) is 5.39. The van der Waals surface area contributed by atoms with Gasteiger partial charge < -0.3 is 23.9 Å². The molecule has 7 heteroatoms. The molecule has 1 N–H and O–H groups in total. The van der Waals surface area contributed by atoms with Gasteiger partial charge in [-0.1, -0.05) is 13.5 Å². The van der Waals surface area contributed by atoms with Crippen LogP contribution in [-0.2, 0) is 23.5 Å². The van der Waals surface area contributed by atoms with Crippen LogP contribution in [0, 0.1) is 0 Å². The Labute approximate surface area is 165 Å². The number of rotatable bonds is 1. The maximum atomic E-state index is 13.2. The van der Waals surface area contributed by atoms with Gasteiger partial charge >= 0.3 is 0 Å². The van der Waals surface area contributed by atoms with Gasteiger partial charge in [0.2, 0.25) is 6.79 Å². The molecule has 0 bridgehead atoms. The predicted octanol–water partition coefficient (Wildman–Crippen LogP) is 2.80. The van der Waals surface area contributed by atoms with Crippen LogP contribution in [0.25, 0.3) is 22.3 Å². The highest BCUT2D eigenvalue weighted by molar-refractivity contribution is 5.87. The predicted molar refractivity (Wildman–Crippen MR) is 105 cm³/mol. The minimum absolute atomic E-state index is 0.114. The van der Waals surface area contributed by atoms with Gasteiger partial charge in [-0.15, -0.1) is 0 Å². The van der Waals surface area contributed by atoms with Crippen LogP contribution >= 0.6 is 0 Å². The van der Waals surface area contributed by atoms with E-state index in [0.29, 0.717) is 41.3 Å². The Balaban J connectivity index is 1.61. The number of aliphatic hydroxyl groups is 1. The average molecular weight is 390 g/mol. The van der Waals surface area contributed by atoms with E-state index in [0.717, 1.165) is 22.2 Å². The van der Waals surface area contributed by atoms with Crippen LogP contribution in [0.4, 0.5) is 0 Å². The number of aromatic nitrogens is 2. The van der Waals surface area contributed by atoms with Crippen molar-refractivity contribution in [3.05, 3.63) is 63.6 Å². The third-order valence-electron chi connectivity index (χ3n) is 6.17. The Morgan fingerprint density at radius 3 is 2.79 bits per heavy atom. The van der Waals surface area contributed by atoms with Gasteiger partial charge in [-0.3, -0.25) is 4.79 Å². The molecule has 0 fully saturated rings. The van der Waals surface area contributed by atoms with Gasteiger partial charge in [0, 0.05) is 22.6 Å². The van der Waals surface area contributed by atoms with Gasteiger partial charge in [0.1, 0.15) is 18.0 Å². The second-order valence-electron chi connectivity index (χ2n) is 7.63. The zero-order valence-corrected chi connectivity index (χ0v) is 15.8. The molecule has 1 atom stereocenters. The lowest BCUT2D eigenvalue weighted by molar-refractivity contribution is -0.0172. The molecule has 6 rings (SSSR count). The van der Waals surface area contributed by atoms with E-state index in [4.69, 9.17) is 19.2 Å². The number of ether oxygens (including phenoxy) is 3. The minimum Gasteiger partial charge on any atom is -0.490 e. The summed E-state index contributed by atoms with van der Waals surface area (Å²) >= 11 is 0. The summed E-state index contributed by atoms with van der Waals surface area (Å²) in [5.41, 5.74) is 2.66. The molecule has 3 aliphatic rings. The molecule has 2 aromatic heterocycles. The van der Waals surface area contributed by atoms with Crippen LogP contribution in [0.5, 0.6) is 11.5 Å². The third-order valence-corrected chi connectivity index (χ3v) is 6.17. The molecular formula is C22H18N2O5. The number of benzene rings is 1. The van der Waals surface area contributed by atoms with Crippen molar-refractivity contribution in [2.24, 2.45) is 0 Å². The third kappa shape index (κ3) is 2.05. The highest BCUT2D eigenvalue weighted by atomic mass is 16.7. The van der Waals surface area contributed by atoms with Crippen LogP contribution in [-0.4, -0.2) is 21.5 Å². The fourth-order valence-electron chi connectivity index (χ4n) is 4.49. The Kier molecular flexibility index (Phi) is 3.09. The molecule has 0 saturated carbocycles. The van der Waals surface area contributed by atoms with Crippen LogP contribution < -0.4 is 15.0 Å². The normalized spacial score (nSPS) is 21.0. The molecule has 3 aliphatic heterocycles. The fourth-order valence-corrected chi connectivity index (χ4v) is 4.49. The summed E-state index contributed by atoms with van der Waals surface area (Å²) in [7, 11) is 0. The first kappa shape index (κ1) is 16.6. The molecule has 3 aromatic rings. The average Bonchev–Trinajstić information content (AvgIpc) is 3.32. The molecule has 0 radical (unpaired) electrons. The van der Waals surface area contributed by atoms with Crippen molar-refractivity contribution in [1.29, 1.82) is 0 Å². The van der Waals surface area contributed by atoms with Crippen LogP contribution in [0.3, 0.4) is 0 Å². The van der Waals surface area contributed by atoms with Gasteiger partial charge in [0.15, 0.2) is 11.5 Å². The van der Waals surface area contributed by atoms with Gasteiger partial charge in [-0.25, -0.2) is 4.98 Å². The Hall–Kier alpha value is -3.32. The molecule has 0 spiro atoms. The molecule has 0 amide bonds. The summed E-state index contributed by atoms with van der Waals surface area (Å²) in [5.74, 6) is 1.64. The van der Waals surface area contributed by atoms with Gasteiger partial charge in [0.25, 0.3) is 5.56 Å². The van der Waals surface area contributed by atoms with E-state index < -0.39 is 5.60 Å². The highest BCUT2D eigenvalue weighted by Crippen LogP contribution is 2.43. The van der Waals surface area contributed by atoms with Gasteiger partial charge in [-0.2, -0.15) is 0 Å².